The Kier molecular flexibility index (Phi) is 6.24. The number of hydrogen-bond donors (Lipinski definition) is 2. The summed E-state index contributed by atoms with van der Waals surface area (Å²) in [6, 6.07) is 8.86. The number of hydrogen-bond acceptors (Lipinski definition) is 5. The van der Waals surface area contributed by atoms with Crippen LogP contribution in [0.4, 0.5) is 4.79 Å². The molecule has 3 saturated heterocycles. The fourth-order valence-corrected chi connectivity index (χ4v) is 6.26. The van der Waals surface area contributed by atoms with Gasteiger partial charge in [-0.15, -0.1) is 0 Å². The number of ether oxygens (including phenoxy) is 1. The zero-order chi connectivity index (χ0) is 24.0. The number of carbonyl (C=O) groups excluding carboxylic acids is 2. The summed E-state index contributed by atoms with van der Waals surface area (Å²) in [6.45, 7) is 7.97. The van der Waals surface area contributed by atoms with Crippen LogP contribution in [0.1, 0.15) is 63.0 Å². The summed E-state index contributed by atoms with van der Waals surface area (Å²) in [6.07, 6.45) is 4.04. The molecular weight excluding hydrogens is 432 g/mol. The highest BCUT2D eigenvalue weighted by Gasteiger charge is 2.46. The maximum absolute atomic E-state index is 13.3. The second kappa shape index (κ2) is 9.19. The van der Waals surface area contributed by atoms with E-state index < -0.39 is 0 Å². The van der Waals surface area contributed by atoms with Crippen LogP contribution in [0.15, 0.2) is 24.3 Å². The highest BCUT2D eigenvalue weighted by molar-refractivity contribution is 6.05. The topological polar surface area (TPSA) is 106 Å². The van der Waals surface area contributed by atoms with Crippen LogP contribution in [0.5, 0.6) is 0 Å². The van der Waals surface area contributed by atoms with Crippen molar-refractivity contribution in [1.82, 2.24) is 24.9 Å². The first-order chi connectivity index (χ1) is 16.3. The third-order valence-corrected chi connectivity index (χ3v) is 7.86. The van der Waals surface area contributed by atoms with Crippen molar-refractivity contribution < 1.29 is 14.3 Å². The first kappa shape index (κ1) is 23.1. The van der Waals surface area contributed by atoms with Gasteiger partial charge in [0.1, 0.15) is 0 Å². The molecule has 0 radical (unpaired) electrons. The lowest BCUT2D eigenvalue weighted by atomic mass is 9.93. The SMILES string of the molecule is CC(C1CN(C(N)=O)CCO1)N1[C@H]2CC[C@H]1CC(NC(=O)c1nn(C(C)C)c3ccccc13)C2. The van der Waals surface area contributed by atoms with Gasteiger partial charge in [-0.3, -0.25) is 14.4 Å². The van der Waals surface area contributed by atoms with Crippen molar-refractivity contribution in [2.75, 3.05) is 19.7 Å². The zero-order valence-corrected chi connectivity index (χ0v) is 20.3. The van der Waals surface area contributed by atoms with Crippen molar-refractivity contribution in [2.45, 2.75) is 82.8 Å². The molecule has 1 aromatic carbocycles. The number of morpholine rings is 1. The Morgan fingerprint density at radius 3 is 2.53 bits per heavy atom. The van der Waals surface area contributed by atoms with E-state index in [4.69, 9.17) is 10.5 Å². The second-order valence-electron chi connectivity index (χ2n) is 10.3. The predicted molar refractivity (Wildman–Crippen MR) is 130 cm³/mol. The average Bonchev–Trinajstić information content (AvgIpc) is 3.34. The van der Waals surface area contributed by atoms with Gasteiger partial charge in [-0.25, -0.2) is 4.79 Å². The van der Waals surface area contributed by atoms with Crippen molar-refractivity contribution in [3.63, 3.8) is 0 Å². The fraction of sp³-hybridized carbons (Fsp3) is 0.640. The van der Waals surface area contributed by atoms with E-state index >= 15 is 0 Å². The third kappa shape index (κ3) is 4.15. The monoisotopic (exact) mass is 468 g/mol. The summed E-state index contributed by atoms with van der Waals surface area (Å²) in [5, 5.41) is 8.87. The van der Waals surface area contributed by atoms with E-state index in [2.05, 4.69) is 36.1 Å². The number of piperidine rings is 1. The van der Waals surface area contributed by atoms with E-state index in [1.807, 2.05) is 28.9 Å². The fourth-order valence-electron chi connectivity index (χ4n) is 6.26. The van der Waals surface area contributed by atoms with Crippen LogP contribution in [-0.4, -0.2) is 81.5 Å². The molecule has 9 heteroatoms. The van der Waals surface area contributed by atoms with Crippen LogP contribution >= 0.6 is 0 Å². The molecule has 2 bridgehead atoms. The molecule has 4 atom stereocenters. The Labute approximate surface area is 200 Å². The number of primary amides is 1. The molecule has 3 N–H and O–H groups in total. The molecule has 2 unspecified atom stereocenters. The van der Waals surface area contributed by atoms with Crippen LogP contribution in [0, 0.1) is 0 Å². The average molecular weight is 469 g/mol. The van der Waals surface area contributed by atoms with Crippen LogP contribution in [-0.2, 0) is 4.74 Å². The molecule has 4 heterocycles. The Hall–Kier alpha value is -2.65. The van der Waals surface area contributed by atoms with E-state index in [1.165, 1.54) is 0 Å². The van der Waals surface area contributed by atoms with Gasteiger partial charge < -0.3 is 20.7 Å². The van der Waals surface area contributed by atoms with Gasteiger partial charge in [-0.05, 0) is 52.5 Å². The highest BCUT2D eigenvalue weighted by Crippen LogP contribution is 2.38. The molecular formula is C25H36N6O3. The molecule has 9 nitrogen and oxygen atoms in total. The molecule has 0 saturated carbocycles. The first-order valence-corrected chi connectivity index (χ1v) is 12.5. The van der Waals surface area contributed by atoms with Gasteiger partial charge in [0.15, 0.2) is 5.69 Å². The molecule has 0 spiro atoms. The third-order valence-electron chi connectivity index (χ3n) is 7.86. The zero-order valence-electron chi connectivity index (χ0n) is 20.3. The number of aromatic nitrogens is 2. The largest absolute Gasteiger partial charge is 0.373 e. The van der Waals surface area contributed by atoms with Gasteiger partial charge in [-0.2, -0.15) is 5.10 Å². The van der Waals surface area contributed by atoms with E-state index in [-0.39, 0.29) is 36.2 Å². The van der Waals surface area contributed by atoms with Crippen molar-refractivity contribution in [2.24, 2.45) is 5.73 Å². The van der Waals surface area contributed by atoms with E-state index in [0.29, 0.717) is 37.5 Å². The van der Waals surface area contributed by atoms with Gasteiger partial charge >= 0.3 is 6.03 Å². The van der Waals surface area contributed by atoms with Crippen molar-refractivity contribution in [3.05, 3.63) is 30.0 Å². The molecule has 3 amide bonds. The van der Waals surface area contributed by atoms with Crippen molar-refractivity contribution >= 4 is 22.8 Å². The first-order valence-electron chi connectivity index (χ1n) is 12.5. The molecule has 3 aliphatic heterocycles. The van der Waals surface area contributed by atoms with E-state index in [0.717, 1.165) is 36.6 Å². The van der Waals surface area contributed by atoms with Gasteiger partial charge in [0.2, 0.25) is 0 Å². The normalized spacial score (nSPS) is 28.4. The molecule has 5 rings (SSSR count). The van der Waals surface area contributed by atoms with Gasteiger partial charge in [-0.1, -0.05) is 18.2 Å². The quantitative estimate of drug-likeness (QED) is 0.701. The van der Waals surface area contributed by atoms with Crippen LogP contribution in [0.3, 0.4) is 0 Å². The number of nitrogens with zero attached hydrogens (tertiary/aromatic N) is 4. The minimum absolute atomic E-state index is 0.0400. The molecule has 3 fully saturated rings. The lowest BCUT2D eigenvalue weighted by Crippen LogP contribution is -2.60. The smallest absolute Gasteiger partial charge is 0.314 e. The number of nitrogens with one attached hydrogen (secondary N) is 1. The molecule has 1 aromatic heterocycles. The van der Waals surface area contributed by atoms with Gasteiger partial charge in [0.25, 0.3) is 5.91 Å². The summed E-state index contributed by atoms with van der Waals surface area (Å²) >= 11 is 0. The standard InChI is InChI=1S/C25H36N6O3/c1-15(2)31-21-7-5-4-6-20(21)23(28-31)24(32)27-17-12-18-8-9-19(13-17)30(18)16(3)22-14-29(25(26)33)10-11-34-22/h4-7,15-19,22H,8-14H2,1-3H3,(H2,26,33)(H,27,32)/t16?,18-,19-,22?/m0/s1. The molecule has 3 aliphatic rings. The molecule has 184 valence electrons. The van der Waals surface area contributed by atoms with Gasteiger partial charge in [0.05, 0.1) is 24.8 Å². The predicted octanol–water partition coefficient (Wildman–Crippen LogP) is 2.51. The summed E-state index contributed by atoms with van der Waals surface area (Å²) in [5.41, 5.74) is 7.01. The summed E-state index contributed by atoms with van der Waals surface area (Å²) in [7, 11) is 0. The number of rotatable bonds is 5. The molecule has 0 aliphatic carbocycles. The number of fused-ring (bicyclic) bond motifs is 3. The van der Waals surface area contributed by atoms with E-state index in [1.54, 1.807) is 4.90 Å². The number of carbonyl (C=O) groups is 2. The number of amides is 3. The summed E-state index contributed by atoms with van der Waals surface area (Å²) in [5.74, 6) is -0.0887. The summed E-state index contributed by atoms with van der Waals surface area (Å²) in [4.78, 5) is 29.2. The minimum Gasteiger partial charge on any atom is -0.373 e. The minimum atomic E-state index is -0.377. The van der Waals surface area contributed by atoms with Crippen molar-refractivity contribution in [3.8, 4) is 0 Å². The number of benzene rings is 1. The number of urea groups is 1. The van der Waals surface area contributed by atoms with E-state index in [9.17, 15) is 9.59 Å². The summed E-state index contributed by atoms with van der Waals surface area (Å²) < 4.78 is 7.97. The Morgan fingerprint density at radius 2 is 1.85 bits per heavy atom. The Bertz CT molecular complexity index is 1050. The van der Waals surface area contributed by atoms with Crippen molar-refractivity contribution in [1.29, 1.82) is 0 Å². The maximum Gasteiger partial charge on any atom is 0.314 e. The lowest BCUT2D eigenvalue weighted by molar-refractivity contribution is -0.0732. The number of nitrogens with two attached hydrogens (primary N) is 1. The van der Waals surface area contributed by atoms with Crippen LogP contribution in [0.2, 0.25) is 0 Å². The second-order valence-corrected chi connectivity index (χ2v) is 10.3. The molecule has 2 aromatic rings. The number of para-hydroxylation sites is 1. The molecule has 34 heavy (non-hydrogen) atoms. The Morgan fingerprint density at radius 1 is 1.15 bits per heavy atom. The van der Waals surface area contributed by atoms with Gasteiger partial charge in [0, 0.05) is 42.1 Å². The lowest BCUT2D eigenvalue weighted by Gasteiger charge is -2.46. The van der Waals surface area contributed by atoms with Crippen LogP contribution < -0.4 is 11.1 Å². The van der Waals surface area contributed by atoms with Crippen LogP contribution in [0.25, 0.3) is 10.9 Å². The highest BCUT2D eigenvalue weighted by atomic mass is 16.5. The Balaban J connectivity index is 1.26. The maximum atomic E-state index is 13.3.